The molecule has 5 nitrogen and oxygen atoms in total. The predicted molar refractivity (Wildman–Crippen MR) is 185 cm³/mol. The van der Waals surface area contributed by atoms with Crippen LogP contribution in [0.1, 0.15) is 212 Å². The number of unbranched alkanes of at least 4 members (excludes halogenated alkanes) is 24. The fourth-order valence-electron chi connectivity index (χ4n) is 5.92. The van der Waals surface area contributed by atoms with Crippen molar-refractivity contribution in [3.05, 3.63) is 11.5 Å². The van der Waals surface area contributed by atoms with Crippen molar-refractivity contribution in [2.45, 2.75) is 214 Å². The largest absolute Gasteiger partial charge is 0.458 e. The third kappa shape index (κ3) is 21.0. The minimum atomic E-state index is -0.284. The second kappa shape index (κ2) is 28.7. The number of carbonyl (C=O) groups excluding carboxylic acids is 2. The van der Waals surface area contributed by atoms with Crippen molar-refractivity contribution >= 4 is 11.9 Å². The number of hydrogen-bond donors (Lipinski definition) is 0. The van der Waals surface area contributed by atoms with E-state index in [1.807, 2.05) is 6.92 Å². The fraction of sp³-hybridized carbons (Fsp3) is 0.846. The summed E-state index contributed by atoms with van der Waals surface area (Å²) in [6, 6.07) is 0. The van der Waals surface area contributed by atoms with Crippen molar-refractivity contribution in [1.82, 2.24) is 0 Å². The van der Waals surface area contributed by atoms with E-state index in [9.17, 15) is 9.59 Å². The Labute approximate surface area is 272 Å². The minimum Gasteiger partial charge on any atom is -0.458 e. The zero-order valence-electron chi connectivity index (χ0n) is 29.5. The molecule has 0 fully saturated rings. The summed E-state index contributed by atoms with van der Waals surface area (Å²) >= 11 is 0. The van der Waals surface area contributed by atoms with E-state index in [4.69, 9.17) is 13.9 Å². The van der Waals surface area contributed by atoms with Gasteiger partial charge in [-0.3, -0.25) is 9.59 Å². The van der Waals surface area contributed by atoms with Crippen molar-refractivity contribution < 1.29 is 23.5 Å². The monoisotopic (exact) mass is 619 g/mol. The second-order valence-electron chi connectivity index (χ2n) is 13.0. The SMILES string of the molecule is CCCCCCCCCCCCCCCC(=O)Oc1c(C)oc(CC)c1OC(=O)CCCCCCCCCCCCCCC. The summed E-state index contributed by atoms with van der Waals surface area (Å²) in [5, 5.41) is 0. The summed E-state index contributed by atoms with van der Waals surface area (Å²) < 4.78 is 17.2. The molecule has 0 N–H and O–H groups in total. The van der Waals surface area contributed by atoms with Crippen molar-refractivity contribution in [1.29, 1.82) is 0 Å². The molecule has 1 heterocycles. The van der Waals surface area contributed by atoms with Crippen LogP contribution in [0.2, 0.25) is 0 Å². The molecule has 0 aromatic carbocycles. The Morgan fingerprint density at radius 1 is 0.455 bits per heavy atom. The van der Waals surface area contributed by atoms with Gasteiger partial charge in [0.15, 0.2) is 5.76 Å². The Balaban J connectivity index is 2.19. The first-order chi connectivity index (χ1) is 21.5. The average Bonchev–Trinajstić information content (AvgIpc) is 3.30. The minimum absolute atomic E-state index is 0.278. The van der Waals surface area contributed by atoms with Gasteiger partial charge < -0.3 is 13.9 Å². The van der Waals surface area contributed by atoms with Gasteiger partial charge in [-0.25, -0.2) is 0 Å². The van der Waals surface area contributed by atoms with E-state index in [1.165, 1.54) is 128 Å². The molecule has 0 bridgehead atoms. The van der Waals surface area contributed by atoms with Crippen molar-refractivity contribution in [3.8, 4) is 11.5 Å². The number of esters is 2. The molecule has 44 heavy (non-hydrogen) atoms. The lowest BCUT2D eigenvalue weighted by atomic mass is 10.0. The number of ether oxygens (including phenoxy) is 2. The summed E-state index contributed by atoms with van der Waals surface area (Å²) in [7, 11) is 0. The summed E-state index contributed by atoms with van der Waals surface area (Å²) in [4.78, 5) is 25.2. The summed E-state index contributed by atoms with van der Waals surface area (Å²) in [5.74, 6) is 1.06. The van der Waals surface area contributed by atoms with E-state index in [0.717, 1.165) is 38.5 Å². The lowest BCUT2D eigenvalue weighted by Gasteiger charge is -2.08. The average molecular weight is 619 g/mol. The highest BCUT2D eigenvalue weighted by Gasteiger charge is 2.24. The maximum Gasteiger partial charge on any atom is 0.311 e. The van der Waals surface area contributed by atoms with E-state index in [0.29, 0.717) is 36.5 Å². The molecule has 5 heteroatoms. The van der Waals surface area contributed by atoms with Crippen LogP contribution in [0.4, 0.5) is 0 Å². The molecule has 0 saturated carbocycles. The Bertz CT molecular complexity index is 827. The van der Waals surface area contributed by atoms with Crippen LogP contribution >= 0.6 is 0 Å². The van der Waals surface area contributed by atoms with Gasteiger partial charge in [-0.05, 0) is 19.8 Å². The Morgan fingerprint density at radius 3 is 1.07 bits per heavy atom. The summed E-state index contributed by atoms with van der Waals surface area (Å²) in [5.41, 5.74) is 0. The fourth-order valence-corrected chi connectivity index (χ4v) is 5.92. The van der Waals surface area contributed by atoms with Gasteiger partial charge in [0.25, 0.3) is 0 Å². The lowest BCUT2D eigenvalue weighted by molar-refractivity contribution is -0.137. The van der Waals surface area contributed by atoms with E-state index < -0.39 is 0 Å². The third-order valence-electron chi connectivity index (χ3n) is 8.78. The molecule has 0 unspecified atom stereocenters. The van der Waals surface area contributed by atoms with Crippen molar-refractivity contribution in [2.24, 2.45) is 0 Å². The maximum absolute atomic E-state index is 12.6. The molecular weight excluding hydrogens is 548 g/mol. The summed E-state index contributed by atoms with van der Waals surface area (Å²) in [6.07, 6.45) is 34.3. The Hall–Kier alpha value is -1.78. The molecule has 0 spiro atoms. The molecule has 256 valence electrons. The van der Waals surface area contributed by atoms with E-state index in [2.05, 4.69) is 13.8 Å². The highest BCUT2D eigenvalue weighted by Crippen LogP contribution is 2.39. The molecule has 0 aliphatic rings. The van der Waals surface area contributed by atoms with Gasteiger partial charge in [0.2, 0.25) is 11.5 Å². The smallest absolute Gasteiger partial charge is 0.311 e. The van der Waals surface area contributed by atoms with Crippen molar-refractivity contribution in [2.75, 3.05) is 0 Å². The molecule has 1 rings (SSSR count). The van der Waals surface area contributed by atoms with Crippen LogP contribution in [-0.4, -0.2) is 11.9 Å². The zero-order chi connectivity index (χ0) is 32.1. The quantitative estimate of drug-likeness (QED) is 0.0611. The third-order valence-corrected chi connectivity index (χ3v) is 8.78. The van der Waals surface area contributed by atoms with Gasteiger partial charge >= 0.3 is 11.9 Å². The summed E-state index contributed by atoms with van der Waals surface area (Å²) in [6.45, 7) is 8.24. The lowest BCUT2D eigenvalue weighted by Crippen LogP contribution is -2.12. The van der Waals surface area contributed by atoms with Gasteiger partial charge in [-0.2, -0.15) is 0 Å². The number of rotatable bonds is 31. The second-order valence-corrected chi connectivity index (χ2v) is 13.0. The number of hydrogen-bond acceptors (Lipinski definition) is 5. The topological polar surface area (TPSA) is 65.7 Å². The van der Waals surface area contributed by atoms with Gasteiger partial charge in [0.1, 0.15) is 5.76 Å². The first-order valence-corrected chi connectivity index (χ1v) is 19.1. The van der Waals surface area contributed by atoms with Crippen LogP contribution in [0, 0.1) is 6.92 Å². The molecular formula is C39H70O5. The molecule has 0 amide bonds. The predicted octanol–water partition coefficient (Wildman–Crippen LogP) is 12.9. The van der Waals surface area contributed by atoms with Crippen LogP contribution in [0.5, 0.6) is 11.5 Å². The van der Waals surface area contributed by atoms with Gasteiger partial charge in [-0.1, -0.05) is 175 Å². The maximum atomic E-state index is 12.6. The van der Waals surface area contributed by atoms with E-state index in [-0.39, 0.29) is 17.7 Å². The normalized spacial score (nSPS) is 11.3. The standard InChI is InChI=1S/C39H70O5/c1-5-8-10-12-14-16-18-20-22-24-26-28-30-32-36(40)43-38-34(4)42-35(7-3)39(38)44-37(41)33-31-29-27-25-23-21-19-17-15-13-11-9-6-2/h5-33H2,1-4H3. The van der Waals surface area contributed by atoms with Crippen molar-refractivity contribution in [3.63, 3.8) is 0 Å². The van der Waals surface area contributed by atoms with Crippen LogP contribution in [-0.2, 0) is 16.0 Å². The van der Waals surface area contributed by atoms with Gasteiger partial charge in [0, 0.05) is 19.3 Å². The molecule has 1 aromatic rings. The van der Waals surface area contributed by atoms with Crippen LogP contribution < -0.4 is 9.47 Å². The van der Waals surface area contributed by atoms with Gasteiger partial charge in [0.05, 0.1) is 0 Å². The number of carbonyl (C=O) groups is 2. The molecule has 0 saturated heterocycles. The van der Waals surface area contributed by atoms with E-state index >= 15 is 0 Å². The highest BCUT2D eigenvalue weighted by atomic mass is 16.6. The van der Waals surface area contributed by atoms with Gasteiger partial charge in [-0.15, -0.1) is 0 Å². The molecule has 0 aliphatic carbocycles. The molecule has 1 aromatic heterocycles. The first-order valence-electron chi connectivity index (χ1n) is 19.1. The molecule has 0 atom stereocenters. The van der Waals surface area contributed by atoms with Crippen LogP contribution in [0.3, 0.4) is 0 Å². The first kappa shape index (κ1) is 40.2. The van der Waals surface area contributed by atoms with E-state index in [1.54, 1.807) is 6.92 Å². The molecule has 0 radical (unpaired) electrons. The highest BCUT2D eigenvalue weighted by molar-refractivity contribution is 5.77. The number of aryl methyl sites for hydroxylation is 2. The zero-order valence-corrected chi connectivity index (χ0v) is 29.5. The number of furan rings is 1. The van der Waals surface area contributed by atoms with Crippen LogP contribution in [0.15, 0.2) is 4.42 Å². The molecule has 0 aliphatic heterocycles. The Morgan fingerprint density at radius 2 is 0.750 bits per heavy atom. The van der Waals surface area contributed by atoms with Crippen LogP contribution in [0.25, 0.3) is 0 Å². The Kier molecular flexibility index (Phi) is 26.2.